The third-order valence-electron chi connectivity index (χ3n) is 4.72. The number of aromatic nitrogens is 3. The number of carbonyl (C=O) groups excluding carboxylic acids is 1. The molecule has 0 unspecified atom stereocenters. The van der Waals surface area contributed by atoms with Crippen LogP contribution in [-0.2, 0) is 6.54 Å². The molecule has 0 spiro atoms. The lowest BCUT2D eigenvalue weighted by Crippen LogP contribution is -2.32. The highest BCUT2D eigenvalue weighted by atomic mass is 35.5. The van der Waals surface area contributed by atoms with Gasteiger partial charge < -0.3 is 0 Å². The third-order valence-corrected chi connectivity index (χ3v) is 6.26. The highest BCUT2D eigenvalue weighted by molar-refractivity contribution is 7.23. The molecule has 2 aromatic carbocycles. The minimum Gasteiger partial charge on any atom is -0.278 e. The number of fused-ring (bicyclic) bond motifs is 1. The molecule has 1 amide bonds. The Morgan fingerprint density at radius 2 is 1.93 bits per heavy atom. The first-order valence-corrected chi connectivity index (χ1v) is 10.6. The van der Waals surface area contributed by atoms with E-state index < -0.39 is 0 Å². The van der Waals surface area contributed by atoms with Crippen molar-refractivity contribution in [2.45, 2.75) is 33.4 Å². The zero-order chi connectivity index (χ0) is 20.5. The van der Waals surface area contributed by atoms with E-state index in [4.69, 9.17) is 16.6 Å². The van der Waals surface area contributed by atoms with Crippen molar-refractivity contribution in [3.8, 4) is 0 Å². The second-order valence-electron chi connectivity index (χ2n) is 7.17. The minimum atomic E-state index is -0.132. The highest BCUT2D eigenvalue weighted by Crippen LogP contribution is 2.36. The zero-order valence-electron chi connectivity index (χ0n) is 16.5. The van der Waals surface area contributed by atoms with E-state index in [1.165, 1.54) is 11.3 Å². The van der Waals surface area contributed by atoms with Gasteiger partial charge in [0.15, 0.2) is 5.13 Å². The lowest BCUT2D eigenvalue weighted by atomic mass is 10.2. The number of halogens is 1. The first kappa shape index (κ1) is 19.6. The summed E-state index contributed by atoms with van der Waals surface area (Å²) in [5.74, 6) is -0.132. The molecule has 0 saturated carbocycles. The smallest absolute Gasteiger partial charge is 0.278 e. The van der Waals surface area contributed by atoms with E-state index >= 15 is 0 Å². The number of carbonyl (C=O) groups is 1. The molecule has 0 bridgehead atoms. The second-order valence-corrected chi connectivity index (χ2v) is 8.55. The van der Waals surface area contributed by atoms with Crippen LogP contribution in [0.4, 0.5) is 5.13 Å². The summed E-state index contributed by atoms with van der Waals surface area (Å²) in [7, 11) is 0. The van der Waals surface area contributed by atoms with Gasteiger partial charge in [-0.2, -0.15) is 5.10 Å². The first-order valence-electron chi connectivity index (χ1n) is 9.40. The zero-order valence-corrected chi connectivity index (χ0v) is 18.0. The minimum absolute atomic E-state index is 0.0783. The molecular weight excluding hydrogens is 404 g/mol. The van der Waals surface area contributed by atoms with Gasteiger partial charge in [-0.05, 0) is 44.0 Å². The Hall–Kier alpha value is -2.70. The number of anilines is 1. The Kier molecular flexibility index (Phi) is 5.39. The molecule has 148 valence electrons. The van der Waals surface area contributed by atoms with Crippen molar-refractivity contribution in [3.05, 3.63) is 76.6 Å². The lowest BCUT2D eigenvalue weighted by Gasteiger charge is -2.21. The predicted octanol–water partition coefficient (Wildman–Crippen LogP) is 5.88. The summed E-state index contributed by atoms with van der Waals surface area (Å²) < 4.78 is 2.64. The number of aryl methyl sites for hydroxylation is 1. The second kappa shape index (κ2) is 7.97. The van der Waals surface area contributed by atoms with Crippen LogP contribution in [0, 0.1) is 6.92 Å². The average molecular weight is 425 g/mol. The van der Waals surface area contributed by atoms with Crippen LogP contribution in [0.25, 0.3) is 10.2 Å². The monoisotopic (exact) mass is 424 g/mol. The van der Waals surface area contributed by atoms with Gasteiger partial charge in [0.2, 0.25) is 0 Å². The van der Waals surface area contributed by atoms with Gasteiger partial charge >= 0.3 is 0 Å². The summed E-state index contributed by atoms with van der Waals surface area (Å²) in [5, 5.41) is 5.60. The van der Waals surface area contributed by atoms with Gasteiger partial charge in [0.25, 0.3) is 5.91 Å². The quantitative estimate of drug-likeness (QED) is 0.401. The summed E-state index contributed by atoms with van der Waals surface area (Å²) in [5.41, 5.74) is 3.43. The molecule has 0 fully saturated rings. The SMILES string of the molecule is Cc1ccc(Cl)c2sc(N(Cc3ccccc3)C(=O)c3ccnn3C(C)C)nc12. The molecule has 0 aliphatic heterocycles. The summed E-state index contributed by atoms with van der Waals surface area (Å²) in [6.45, 7) is 6.43. The maximum absolute atomic E-state index is 13.6. The fourth-order valence-electron chi connectivity index (χ4n) is 3.23. The van der Waals surface area contributed by atoms with Crippen molar-refractivity contribution < 1.29 is 4.79 Å². The van der Waals surface area contributed by atoms with Gasteiger partial charge in [-0.15, -0.1) is 0 Å². The van der Waals surface area contributed by atoms with Crippen LogP contribution >= 0.6 is 22.9 Å². The lowest BCUT2D eigenvalue weighted by molar-refractivity contribution is 0.0973. The Balaban J connectivity index is 1.82. The first-order chi connectivity index (χ1) is 14.0. The van der Waals surface area contributed by atoms with Crippen LogP contribution in [0.5, 0.6) is 0 Å². The summed E-state index contributed by atoms with van der Waals surface area (Å²) in [4.78, 5) is 20.1. The predicted molar refractivity (Wildman–Crippen MR) is 119 cm³/mol. The Labute approximate surface area is 178 Å². The van der Waals surface area contributed by atoms with Gasteiger partial charge in [0.1, 0.15) is 5.69 Å². The number of rotatable bonds is 5. The molecule has 2 aromatic heterocycles. The van der Waals surface area contributed by atoms with E-state index in [0.717, 1.165) is 21.3 Å². The summed E-state index contributed by atoms with van der Waals surface area (Å²) in [6.07, 6.45) is 1.66. The standard InChI is InChI=1S/C22H21ClN4OS/c1-14(2)27-18(11-12-24-27)21(28)26(13-16-7-5-4-6-8-16)22-25-19-15(3)9-10-17(23)20(19)29-22/h4-12,14H,13H2,1-3H3. The topological polar surface area (TPSA) is 51.0 Å². The van der Waals surface area contributed by atoms with Crippen molar-refractivity contribution in [2.75, 3.05) is 4.90 Å². The molecule has 0 aliphatic rings. The van der Waals surface area contributed by atoms with E-state index in [2.05, 4.69) is 5.10 Å². The van der Waals surface area contributed by atoms with Gasteiger partial charge in [-0.25, -0.2) is 4.98 Å². The van der Waals surface area contributed by atoms with Crippen LogP contribution in [0.1, 0.15) is 41.5 Å². The molecule has 0 atom stereocenters. The van der Waals surface area contributed by atoms with Crippen LogP contribution in [0.2, 0.25) is 5.02 Å². The molecule has 29 heavy (non-hydrogen) atoms. The third kappa shape index (κ3) is 3.78. The molecule has 2 heterocycles. The largest absolute Gasteiger partial charge is 0.278 e. The Morgan fingerprint density at radius 1 is 1.17 bits per heavy atom. The maximum Gasteiger partial charge on any atom is 0.278 e. The van der Waals surface area contributed by atoms with Crippen molar-refractivity contribution >= 4 is 44.2 Å². The van der Waals surface area contributed by atoms with Gasteiger partial charge in [-0.3, -0.25) is 14.4 Å². The summed E-state index contributed by atoms with van der Waals surface area (Å²) in [6, 6.07) is 15.6. The number of benzene rings is 2. The van der Waals surface area contributed by atoms with Crippen LogP contribution in [0.15, 0.2) is 54.7 Å². The van der Waals surface area contributed by atoms with Crippen molar-refractivity contribution in [1.29, 1.82) is 0 Å². The number of nitrogens with zero attached hydrogens (tertiary/aromatic N) is 4. The van der Waals surface area contributed by atoms with E-state index in [-0.39, 0.29) is 11.9 Å². The number of thiazole rings is 1. The van der Waals surface area contributed by atoms with Gasteiger partial charge in [0, 0.05) is 12.2 Å². The molecule has 5 nitrogen and oxygen atoms in total. The van der Waals surface area contributed by atoms with E-state index in [1.807, 2.05) is 63.2 Å². The van der Waals surface area contributed by atoms with E-state index in [9.17, 15) is 4.79 Å². The highest BCUT2D eigenvalue weighted by Gasteiger charge is 2.26. The molecule has 4 aromatic rings. The fourth-order valence-corrected chi connectivity index (χ4v) is 4.55. The normalized spacial score (nSPS) is 11.3. The number of amides is 1. The summed E-state index contributed by atoms with van der Waals surface area (Å²) >= 11 is 7.84. The van der Waals surface area contributed by atoms with Crippen molar-refractivity contribution in [3.63, 3.8) is 0 Å². The van der Waals surface area contributed by atoms with E-state index in [1.54, 1.807) is 21.8 Å². The van der Waals surface area contributed by atoms with Crippen LogP contribution in [0.3, 0.4) is 0 Å². The molecular formula is C22H21ClN4OS. The van der Waals surface area contributed by atoms with Crippen molar-refractivity contribution in [1.82, 2.24) is 14.8 Å². The molecule has 0 N–H and O–H groups in total. The van der Waals surface area contributed by atoms with Crippen LogP contribution < -0.4 is 4.90 Å². The van der Waals surface area contributed by atoms with Gasteiger partial charge in [0.05, 0.1) is 21.8 Å². The molecule has 0 radical (unpaired) electrons. The average Bonchev–Trinajstić information content (AvgIpc) is 3.37. The molecule has 7 heteroatoms. The number of hydrogen-bond acceptors (Lipinski definition) is 4. The van der Waals surface area contributed by atoms with E-state index in [0.29, 0.717) is 22.4 Å². The van der Waals surface area contributed by atoms with Crippen LogP contribution in [-0.4, -0.2) is 20.7 Å². The molecule has 4 rings (SSSR count). The molecule has 0 aliphatic carbocycles. The van der Waals surface area contributed by atoms with Gasteiger partial charge in [-0.1, -0.05) is 59.3 Å². The number of hydrogen-bond donors (Lipinski definition) is 0. The maximum atomic E-state index is 13.6. The molecule has 0 saturated heterocycles. The van der Waals surface area contributed by atoms with Crippen molar-refractivity contribution in [2.24, 2.45) is 0 Å². The fraction of sp³-hybridized carbons (Fsp3) is 0.227. The Morgan fingerprint density at radius 3 is 2.62 bits per heavy atom. The Bertz CT molecular complexity index is 1130.